The van der Waals surface area contributed by atoms with Crippen molar-refractivity contribution in [2.75, 3.05) is 31.2 Å². The van der Waals surface area contributed by atoms with E-state index in [4.69, 9.17) is 10.00 Å². The molecule has 1 aromatic rings. The van der Waals surface area contributed by atoms with Gasteiger partial charge in [0.1, 0.15) is 0 Å². The van der Waals surface area contributed by atoms with E-state index in [1.807, 2.05) is 26.0 Å². The smallest absolute Gasteiger partial charge is 0.0766 e. The second-order valence-corrected chi connectivity index (χ2v) is 4.88. The first-order valence-electron chi connectivity index (χ1n) is 5.98. The van der Waals surface area contributed by atoms with E-state index < -0.39 is 5.41 Å². The fourth-order valence-electron chi connectivity index (χ4n) is 1.98. The third-order valence-electron chi connectivity index (χ3n) is 3.24. The molecule has 1 aromatic carbocycles. The summed E-state index contributed by atoms with van der Waals surface area (Å²) in [5.74, 6) is 0. The van der Waals surface area contributed by atoms with Gasteiger partial charge in [-0.25, -0.2) is 0 Å². The fourth-order valence-corrected chi connectivity index (χ4v) is 1.98. The first-order chi connectivity index (χ1) is 8.13. The predicted octanol–water partition coefficient (Wildman–Crippen LogP) is 2.32. The van der Waals surface area contributed by atoms with Gasteiger partial charge in [0.15, 0.2) is 0 Å². The highest BCUT2D eigenvalue weighted by atomic mass is 16.5. The molecule has 0 saturated carbocycles. The number of nitrogens with zero attached hydrogens (tertiary/aromatic N) is 2. The molecule has 0 unspecified atom stereocenters. The third kappa shape index (κ3) is 2.59. The molecular formula is C14H18N2O. The van der Waals surface area contributed by atoms with E-state index in [9.17, 15) is 0 Å². The van der Waals surface area contributed by atoms with Gasteiger partial charge >= 0.3 is 0 Å². The molecule has 0 atom stereocenters. The number of ether oxygens (including phenoxy) is 1. The van der Waals surface area contributed by atoms with E-state index in [-0.39, 0.29) is 0 Å². The second kappa shape index (κ2) is 4.77. The zero-order valence-corrected chi connectivity index (χ0v) is 10.4. The van der Waals surface area contributed by atoms with Crippen molar-refractivity contribution in [2.24, 2.45) is 0 Å². The summed E-state index contributed by atoms with van der Waals surface area (Å²) >= 11 is 0. The maximum Gasteiger partial charge on any atom is 0.0766 e. The van der Waals surface area contributed by atoms with Gasteiger partial charge < -0.3 is 9.64 Å². The van der Waals surface area contributed by atoms with Gasteiger partial charge in [0.2, 0.25) is 0 Å². The molecule has 0 spiro atoms. The lowest BCUT2D eigenvalue weighted by molar-refractivity contribution is 0.122. The van der Waals surface area contributed by atoms with E-state index in [2.05, 4.69) is 23.1 Å². The first kappa shape index (κ1) is 11.9. The van der Waals surface area contributed by atoms with Crippen molar-refractivity contribution in [2.45, 2.75) is 19.3 Å². The van der Waals surface area contributed by atoms with Gasteiger partial charge in [-0.2, -0.15) is 5.26 Å². The number of rotatable bonds is 2. The molecule has 0 N–H and O–H groups in total. The van der Waals surface area contributed by atoms with Crippen LogP contribution in [0.3, 0.4) is 0 Å². The highest BCUT2D eigenvalue weighted by Crippen LogP contribution is 2.25. The minimum Gasteiger partial charge on any atom is -0.378 e. The summed E-state index contributed by atoms with van der Waals surface area (Å²) in [6.07, 6.45) is 0. The molecule has 3 heteroatoms. The van der Waals surface area contributed by atoms with E-state index >= 15 is 0 Å². The average molecular weight is 230 g/mol. The quantitative estimate of drug-likeness (QED) is 0.782. The van der Waals surface area contributed by atoms with Gasteiger partial charge in [-0.15, -0.1) is 0 Å². The summed E-state index contributed by atoms with van der Waals surface area (Å²) in [5, 5.41) is 9.09. The SMILES string of the molecule is CC(C)(C#N)c1ccc(N2CCOCC2)cc1. The van der Waals surface area contributed by atoms with Gasteiger partial charge in [-0.1, -0.05) is 12.1 Å². The molecule has 0 radical (unpaired) electrons. The zero-order chi connectivity index (χ0) is 12.3. The highest BCUT2D eigenvalue weighted by Gasteiger charge is 2.20. The standard InChI is InChI=1S/C14H18N2O/c1-14(2,11-15)12-3-5-13(6-4-12)16-7-9-17-10-8-16/h3-6H,7-10H2,1-2H3. The molecule has 17 heavy (non-hydrogen) atoms. The van der Waals surface area contributed by atoms with E-state index in [0.717, 1.165) is 31.9 Å². The topological polar surface area (TPSA) is 36.3 Å². The van der Waals surface area contributed by atoms with Gasteiger partial charge in [-0.05, 0) is 31.5 Å². The molecule has 2 rings (SSSR count). The average Bonchev–Trinajstić information content (AvgIpc) is 2.40. The molecule has 1 saturated heterocycles. The van der Waals surface area contributed by atoms with Crippen LogP contribution in [0.5, 0.6) is 0 Å². The Hall–Kier alpha value is -1.53. The summed E-state index contributed by atoms with van der Waals surface area (Å²) in [7, 11) is 0. The Labute approximate surface area is 103 Å². The van der Waals surface area contributed by atoms with Crippen molar-refractivity contribution >= 4 is 5.69 Å². The summed E-state index contributed by atoms with van der Waals surface area (Å²) in [5.41, 5.74) is 1.87. The number of anilines is 1. The maximum absolute atomic E-state index is 9.09. The lowest BCUT2D eigenvalue weighted by Crippen LogP contribution is -2.36. The molecule has 1 heterocycles. The molecule has 1 fully saturated rings. The van der Waals surface area contributed by atoms with Crippen molar-refractivity contribution in [3.8, 4) is 6.07 Å². The molecule has 0 aliphatic carbocycles. The largest absolute Gasteiger partial charge is 0.378 e. The molecular weight excluding hydrogens is 212 g/mol. The summed E-state index contributed by atoms with van der Waals surface area (Å²) < 4.78 is 5.33. The van der Waals surface area contributed by atoms with E-state index in [0.29, 0.717) is 0 Å². The summed E-state index contributed by atoms with van der Waals surface area (Å²) in [6.45, 7) is 7.37. The minimum atomic E-state index is -0.413. The number of hydrogen-bond acceptors (Lipinski definition) is 3. The molecule has 1 aliphatic heterocycles. The monoisotopic (exact) mass is 230 g/mol. The van der Waals surface area contributed by atoms with Crippen LogP contribution in [0, 0.1) is 11.3 Å². The van der Waals surface area contributed by atoms with Crippen LogP contribution in [0.1, 0.15) is 19.4 Å². The van der Waals surface area contributed by atoms with Gasteiger partial charge in [-0.3, -0.25) is 0 Å². The van der Waals surface area contributed by atoms with Crippen LogP contribution < -0.4 is 4.90 Å². The minimum absolute atomic E-state index is 0.413. The summed E-state index contributed by atoms with van der Waals surface area (Å²) in [4.78, 5) is 2.31. The Kier molecular flexibility index (Phi) is 3.35. The number of morpholine rings is 1. The van der Waals surface area contributed by atoms with Crippen LogP contribution in [0.2, 0.25) is 0 Å². The van der Waals surface area contributed by atoms with E-state index in [1.54, 1.807) is 0 Å². The Morgan fingerprint density at radius 2 is 1.76 bits per heavy atom. The Balaban J connectivity index is 2.15. The maximum atomic E-state index is 9.09. The van der Waals surface area contributed by atoms with Crippen LogP contribution in [-0.4, -0.2) is 26.3 Å². The number of benzene rings is 1. The van der Waals surface area contributed by atoms with Crippen molar-refractivity contribution < 1.29 is 4.74 Å². The first-order valence-corrected chi connectivity index (χ1v) is 5.98. The van der Waals surface area contributed by atoms with Crippen LogP contribution in [-0.2, 0) is 10.2 Å². The van der Waals surface area contributed by atoms with Gasteiger partial charge in [0, 0.05) is 18.8 Å². The van der Waals surface area contributed by atoms with Crippen molar-refractivity contribution in [3.63, 3.8) is 0 Å². The predicted molar refractivity (Wildman–Crippen MR) is 68.1 cm³/mol. The molecule has 0 amide bonds. The Morgan fingerprint density at radius 3 is 2.29 bits per heavy atom. The van der Waals surface area contributed by atoms with Gasteiger partial charge in [0.25, 0.3) is 0 Å². The van der Waals surface area contributed by atoms with Crippen LogP contribution in [0.15, 0.2) is 24.3 Å². The van der Waals surface area contributed by atoms with Crippen molar-refractivity contribution in [3.05, 3.63) is 29.8 Å². The molecule has 90 valence electrons. The van der Waals surface area contributed by atoms with Crippen molar-refractivity contribution in [1.82, 2.24) is 0 Å². The van der Waals surface area contributed by atoms with Crippen LogP contribution in [0.4, 0.5) is 5.69 Å². The highest BCUT2D eigenvalue weighted by molar-refractivity contribution is 5.49. The lowest BCUT2D eigenvalue weighted by atomic mass is 9.86. The zero-order valence-electron chi connectivity index (χ0n) is 10.4. The number of nitriles is 1. The fraction of sp³-hybridized carbons (Fsp3) is 0.500. The molecule has 0 bridgehead atoms. The Bertz CT molecular complexity index is 411. The van der Waals surface area contributed by atoms with Crippen LogP contribution in [0.25, 0.3) is 0 Å². The third-order valence-corrected chi connectivity index (χ3v) is 3.24. The summed E-state index contributed by atoms with van der Waals surface area (Å²) in [6, 6.07) is 10.6. The van der Waals surface area contributed by atoms with Crippen molar-refractivity contribution in [1.29, 1.82) is 5.26 Å². The molecule has 1 aliphatic rings. The van der Waals surface area contributed by atoms with E-state index in [1.165, 1.54) is 5.69 Å². The molecule has 0 aromatic heterocycles. The van der Waals surface area contributed by atoms with Gasteiger partial charge in [0.05, 0.1) is 24.7 Å². The normalized spacial score (nSPS) is 16.6. The number of hydrogen-bond donors (Lipinski definition) is 0. The van der Waals surface area contributed by atoms with Crippen LogP contribution >= 0.6 is 0 Å². The lowest BCUT2D eigenvalue weighted by Gasteiger charge is -2.29. The Morgan fingerprint density at radius 1 is 1.18 bits per heavy atom. The second-order valence-electron chi connectivity index (χ2n) is 4.88. The molecule has 3 nitrogen and oxygen atoms in total.